The quantitative estimate of drug-likeness (QED) is 0.567. The van der Waals surface area contributed by atoms with E-state index in [1.54, 1.807) is 49.4 Å². The number of hydrogen-bond donors (Lipinski definition) is 2. The fourth-order valence-corrected chi connectivity index (χ4v) is 4.09. The molecule has 0 bridgehead atoms. The number of hydrogen-bond acceptors (Lipinski definition) is 3. The van der Waals surface area contributed by atoms with Crippen LogP contribution in [0, 0.1) is 6.92 Å². The molecule has 0 aliphatic carbocycles. The molecule has 0 spiro atoms. The van der Waals surface area contributed by atoms with Gasteiger partial charge in [0.2, 0.25) is 0 Å². The molecule has 0 fully saturated rings. The molecular formula is C20H16Cl2N2O3S. The van der Waals surface area contributed by atoms with Crippen LogP contribution in [0.15, 0.2) is 71.6 Å². The molecule has 1 amide bonds. The molecule has 0 saturated heterocycles. The molecular weight excluding hydrogens is 419 g/mol. The normalized spacial score (nSPS) is 11.1. The summed E-state index contributed by atoms with van der Waals surface area (Å²) in [5.74, 6) is -0.379. The molecule has 0 radical (unpaired) electrons. The van der Waals surface area contributed by atoms with Crippen LogP contribution in [-0.4, -0.2) is 14.3 Å². The highest BCUT2D eigenvalue weighted by atomic mass is 35.5. The summed E-state index contributed by atoms with van der Waals surface area (Å²) in [4.78, 5) is 12.4. The lowest BCUT2D eigenvalue weighted by atomic mass is 10.2. The third-order valence-electron chi connectivity index (χ3n) is 3.97. The van der Waals surface area contributed by atoms with Crippen molar-refractivity contribution >= 4 is 50.5 Å². The largest absolute Gasteiger partial charge is 0.322 e. The number of carbonyl (C=O) groups excluding carboxylic acids is 1. The molecule has 8 heteroatoms. The summed E-state index contributed by atoms with van der Waals surface area (Å²) in [5.41, 5.74) is 1.94. The van der Waals surface area contributed by atoms with Gasteiger partial charge >= 0.3 is 0 Å². The van der Waals surface area contributed by atoms with E-state index in [1.165, 1.54) is 24.3 Å². The fourth-order valence-electron chi connectivity index (χ4n) is 2.51. The first kappa shape index (κ1) is 20.2. The Morgan fingerprint density at radius 1 is 0.929 bits per heavy atom. The van der Waals surface area contributed by atoms with Crippen LogP contribution in [0.5, 0.6) is 0 Å². The van der Waals surface area contributed by atoms with E-state index in [2.05, 4.69) is 10.0 Å². The molecule has 28 heavy (non-hydrogen) atoms. The van der Waals surface area contributed by atoms with Gasteiger partial charge in [-0.3, -0.25) is 9.52 Å². The van der Waals surface area contributed by atoms with Gasteiger partial charge in [-0.2, -0.15) is 0 Å². The maximum atomic E-state index is 12.6. The topological polar surface area (TPSA) is 75.3 Å². The molecule has 2 N–H and O–H groups in total. The molecule has 3 aromatic carbocycles. The van der Waals surface area contributed by atoms with Crippen molar-refractivity contribution in [2.75, 3.05) is 10.0 Å². The second kappa shape index (κ2) is 8.22. The summed E-state index contributed by atoms with van der Waals surface area (Å²) in [6, 6.07) is 17.4. The molecule has 0 aliphatic rings. The van der Waals surface area contributed by atoms with Crippen LogP contribution in [0.2, 0.25) is 10.0 Å². The third kappa shape index (κ3) is 4.65. The van der Waals surface area contributed by atoms with Gasteiger partial charge in [-0.15, -0.1) is 0 Å². The highest BCUT2D eigenvalue weighted by Gasteiger charge is 2.16. The van der Waals surface area contributed by atoms with E-state index in [-0.39, 0.29) is 10.8 Å². The van der Waals surface area contributed by atoms with E-state index in [0.29, 0.717) is 32.5 Å². The number of halogens is 2. The van der Waals surface area contributed by atoms with E-state index < -0.39 is 10.0 Å². The second-order valence-corrected chi connectivity index (χ2v) is 8.55. The smallest absolute Gasteiger partial charge is 0.261 e. The van der Waals surface area contributed by atoms with Crippen molar-refractivity contribution in [3.63, 3.8) is 0 Å². The van der Waals surface area contributed by atoms with E-state index in [4.69, 9.17) is 23.2 Å². The summed E-state index contributed by atoms with van der Waals surface area (Å²) < 4.78 is 27.7. The Balaban J connectivity index is 1.76. The van der Waals surface area contributed by atoms with Crippen LogP contribution in [0.25, 0.3) is 0 Å². The maximum Gasteiger partial charge on any atom is 0.261 e. The van der Waals surface area contributed by atoms with Gasteiger partial charge in [0.25, 0.3) is 15.9 Å². The molecule has 0 aromatic heterocycles. The van der Waals surface area contributed by atoms with E-state index in [9.17, 15) is 13.2 Å². The predicted molar refractivity (Wildman–Crippen MR) is 113 cm³/mol. The zero-order valence-corrected chi connectivity index (χ0v) is 17.1. The maximum absolute atomic E-state index is 12.6. The molecule has 3 aromatic rings. The molecule has 0 saturated carbocycles. The Kier molecular flexibility index (Phi) is 5.93. The van der Waals surface area contributed by atoms with Gasteiger partial charge in [0, 0.05) is 10.7 Å². The summed E-state index contributed by atoms with van der Waals surface area (Å²) >= 11 is 11.9. The van der Waals surface area contributed by atoms with Gasteiger partial charge < -0.3 is 5.32 Å². The molecule has 0 atom stereocenters. The van der Waals surface area contributed by atoms with E-state index in [1.807, 2.05) is 0 Å². The minimum atomic E-state index is -3.78. The zero-order chi connectivity index (χ0) is 20.3. The van der Waals surface area contributed by atoms with Crippen LogP contribution in [0.3, 0.4) is 0 Å². The summed E-state index contributed by atoms with van der Waals surface area (Å²) in [6.45, 7) is 1.76. The SMILES string of the molecule is Cc1cc(Cl)ccc1NS(=O)(=O)c1ccc(NC(=O)c2ccccc2Cl)cc1. The number of carbonyl (C=O) groups is 1. The number of nitrogens with one attached hydrogen (secondary N) is 2. The van der Waals surface area contributed by atoms with Crippen molar-refractivity contribution in [1.82, 2.24) is 0 Å². The van der Waals surface area contributed by atoms with Gasteiger partial charge in [-0.1, -0.05) is 35.3 Å². The van der Waals surface area contributed by atoms with Gasteiger partial charge in [-0.25, -0.2) is 8.42 Å². The average molecular weight is 435 g/mol. The first-order valence-electron chi connectivity index (χ1n) is 8.21. The Bertz CT molecular complexity index is 1130. The Hall–Kier alpha value is -2.54. The van der Waals surface area contributed by atoms with Gasteiger partial charge in [-0.05, 0) is 67.1 Å². The minimum absolute atomic E-state index is 0.0672. The molecule has 0 aliphatic heterocycles. The molecule has 5 nitrogen and oxygen atoms in total. The highest BCUT2D eigenvalue weighted by Crippen LogP contribution is 2.24. The first-order valence-corrected chi connectivity index (χ1v) is 10.4. The Morgan fingerprint density at radius 3 is 2.25 bits per heavy atom. The molecule has 144 valence electrons. The number of aryl methyl sites for hydroxylation is 1. The molecule has 3 rings (SSSR count). The van der Waals surface area contributed by atoms with Gasteiger partial charge in [0.15, 0.2) is 0 Å². The lowest BCUT2D eigenvalue weighted by Crippen LogP contribution is -2.15. The molecule has 0 heterocycles. The average Bonchev–Trinajstić information content (AvgIpc) is 2.65. The highest BCUT2D eigenvalue weighted by molar-refractivity contribution is 7.92. The van der Waals surface area contributed by atoms with Crippen LogP contribution >= 0.6 is 23.2 Å². The van der Waals surface area contributed by atoms with Gasteiger partial charge in [0.1, 0.15) is 0 Å². The monoisotopic (exact) mass is 434 g/mol. The number of amides is 1. The summed E-state index contributed by atoms with van der Waals surface area (Å²) in [5, 5.41) is 3.55. The molecule has 0 unspecified atom stereocenters. The van der Waals surface area contributed by atoms with Crippen LogP contribution in [0.4, 0.5) is 11.4 Å². The second-order valence-electron chi connectivity index (χ2n) is 6.02. The van der Waals surface area contributed by atoms with Crippen molar-refractivity contribution in [3.8, 4) is 0 Å². The number of rotatable bonds is 5. The number of benzene rings is 3. The Morgan fingerprint density at radius 2 is 1.61 bits per heavy atom. The standard InChI is InChI=1S/C20H16Cl2N2O3S/c1-13-12-14(21)6-11-19(13)24-28(26,27)16-9-7-15(8-10-16)23-20(25)17-4-2-3-5-18(17)22/h2-12,24H,1H3,(H,23,25). The summed E-state index contributed by atoms with van der Waals surface area (Å²) in [6.07, 6.45) is 0. The lowest BCUT2D eigenvalue weighted by molar-refractivity contribution is 0.102. The zero-order valence-electron chi connectivity index (χ0n) is 14.7. The van der Waals surface area contributed by atoms with Crippen molar-refractivity contribution < 1.29 is 13.2 Å². The lowest BCUT2D eigenvalue weighted by Gasteiger charge is -2.12. The number of sulfonamides is 1. The number of anilines is 2. The van der Waals surface area contributed by atoms with Gasteiger partial charge in [0.05, 0.1) is 21.2 Å². The predicted octanol–water partition coefficient (Wildman–Crippen LogP) is 5.35. The van der Waals surface area contributed by atoms with Crippen LogP contribution in [-0.2, 0) is 10.0 Å². The van der Waals surface area contributed by atoms with Crippen LogP contribution < -0.4 is 10.0 Å². The summed E-state index contributed by atoms with van der Waals surface area (Å²) in [7, 11) is -3.78. The first-order chi connectivity index (χ1) is 13.3. The minimum Gasteiger partial charge on any atom is -0.322 e. The fraction of sp³-hybridized carbons (Fsp3) is 0.0500. The Labute approximate surface area is 173 Å². The van der Waals surface area contributed by atoms with Crippen molar-refractivity contribution in [1.29, 1.82) is 0 Å². The van der Waals surface area contributed by atoms with E-state index >= 15 is 0 Å². The van der Waals surface area contributed by atoms with E-state index in [0.717, 1.165) is 0 Å². The third-order valence-corrected chi connectivity index (χ3v) is 5.92. The van der Waals surface area contributed by atoms with Crippen LogP contribution in [0.1, 0.15) is 15.9 Å². The van der Waals surface area contributed by atoms with Crippen molar-refractivity contribution in [2.24, 2.45) is 0 Å². The van der Waals surface area contributed by atoms with Crippen molar-refractivity contribution in [3.05, 3.63) is 87.9 Å². The van der Waals surface area contributed by atoms with Crippen molar-refractivity contribution in [2.45, 2.75) is 11.8 Å².